The smallest absolute Gasteiger partial charge is 0.151 e. The molecule has 0 aliphatic rings. The van der Waals surface area contributed by atoms with Crippen molar-refractivity contribution in [3.63, 3.8) is 0 Å². The zero-order valence-electron chi connectivity index (χ0n) is 11.2. The van der Waals surface area contributed by atoms with Gasteiger partial charge in [0.15, 0.2) is 5.82 Å². The molecule has 0 aromatic carbocycles. The van der Waals surface area contributed by atoms with Gasteiger partial charge < -0.3 is 15.1 Å². The Morgan fingerprint density at radius 3 is 2.78 bits per heavy atom. The molecule has 2 heterocycles. The minimum atomic E-state index is 0.707. The maximum absolute atomic E-state index is 6.13. The minimum Gasteiger partial charge on any atom is -0.467 e. The van der Waals surface area contributed by atoms with Gasteiger partial charge in [-0.25, -0.2) is 4.68 Å². The normalized spacial score (nSPS) is 10.8. The first-order valence-electron chi connectivity index (χ1n) is 6.27. The maximum Gasteiger partial charge on any atom is 0.151 e. The fraction of sp³-hybridized carbons (Fsp3) is 0.462. The fourth-order valence-corrected chi connectivity index (χ4v) is 2.06. The number of furan rings is 1. The third-order valence-electron chi connectivity index (χ3n) is 3.05. The number of nitrogens with two attached hydrogens (primary N) is 1. The molecule has 0 aliphatic heterocycles. The van der Waals surface area contributed by atoms with Crippen molar-refractivity contribution in [2.45, 2.75) is 33.9 Å². The van der Waals surface area contributed by atoms with Crippen LogP contribution in [0.1, 0.15) is 25.3 Å². The number of hydrogen-bond donors (Lipinski definition) is 1. The van der Waals surface area contributed by atoms with Crippen molar-refractivity contribution in [1.29, 1.82) is 0 Å². The van der Waals surface area contributed by atoms with Crippen LogP contribution in [-0.4, -0.2) is 16.3 Å². The van der Waals surface area contributed by atoms with E-state index in [1.165, 1.54) is 0 Å². The second-order valence-corrected chi connectivity index (χ2v) is 4.23. The molecule has 2 aromatic rings. The summed E-state index contributed by atoms with van der Waals surface area (Å²) in [5, 5.41) is 4.45. The molecule has 0 fully saturated rings. The average molecular weight is 248 g/mol. The van der Waals surface area contributed by atoms with Gasteiger partial charge in [-0.05, 0) is 32.9 Å². The van der Waals surface area contributed by atoms with Gasteiger partial charge >= 0.3 is 0 Å². The van der Waals surface area contributed by atoms with Crippen LogP contribution in [-0.2, 0) is 13.1 Å². The summed E-state index contributed by atoms with van der Waals surface area (Å²) >= 11 is 0. The molecule has 0 atom stereocenters. The SMILES string of the molecule is CCN(Cc1ccco1)c1c(N)c(C)nn1CC. The molecule has 5 heteroatoms. The quantitative estimate of drug-likeness (QED) is 0.882. The van der Waals surface area contributed by atoms with E-state index in [-0.39, 0.29) is 0 Å². The molecule has 0 aliphatic carbocycles. The summed E-state index contributed by atoms with van der Waals surface area (Å²) < 4.78 is 7.34. The van der Waals surface area contributed by atoms with Crippen LogP contribution in [0.25, 0.3) is 0 Å². The zero-order chi connectivity index (χ0) is 13.1. The van der Waals surface area contributed by atoms with Crippen molar-refractivity contribution in [1.82, 2.24) is 9.78 Å². The number of aromatic nitrogens is 2. The lowest BCUT2D eigenvalue weighted by Crippen LogP contribution is -2.25. The Hall–Kier alpha value is -1.91. The molecule has 18 heavy (non-hydrogen) atoms. The Kier molecular flexibility index (Phi) is 3.60. The highest BCUT2D eigenvalue weighted by atomic mass is 16.3. The third kappa shape index (κ3) is 2.20. The zero-order valence-corrected chi connectivity index (χ0v) is 11.2. The van der Waals surface area contributed by atoms with Crippen LogP contribution < -0.4 is 10.6 Å². The van der Waals surface area contributed by atoms with Crippen LogP contribution in [0.15, 0.2) is 22.8 Å². The molecular formula is C13H20N4O. The lowest BCUT2D eigenvalue weighted by atomic mass is 10.3. The summed E-state index contributed by atoms with van der Waals surface area (Å²) in [6.45, 7) is 8.48. The highest BCUT2D eigenvalue weighted by Crippen LogP contribution is 2.27. The molecule has 0 bridgehead atoms. The van der Waals surface area contributed by atoms with Crippen LogP contribution in [0.2, 0.25) is 0 Å². The standard InChI is InChI=1S/C13H20N4O/c1-4-16(9-11-7-6-8-18-11)13-12(14)10(3)15-17(13)5-2/h6-8H,4-5,9,14H2,1-3H3. The van der Waals surface area contributed by atoms with Crippen molar-refractivity contribution >= 4 is 11.5 Å². The van der Waals surface area contributed by atoms with Crippen molar-refractivity contribution in [3.05, 3.63) is 29.9 Å². The van der Waals surface area contributed by atoms with E-state index in [2.05, 4.69) is 23.8 Å². The maximum atomic E-state index is 6.13. The van der Waals surface area contributed by atoms with Gasteiger partial charge in [-0.1, -0.05) is 0 Å². The van der Waals surface area contributed by atoms with E-state index in [9.17, 15) is 0 Å². The molecule has 0 unspecified atom stereocenters. The van der Waals surface area contributed by atoms with Gasteiger partial charge in [0.2, 0.25) is 0 Å². The highest BCUT2D eigenvalue weighted by Gasteiger charge is 2.18. The van der Waals surface area contributed by atoms with Crippen LogP contribution in [0.4, 0.5) is 11.5 Å². The van der Waals surface area contributed by atoms with Gasteiger partial charge in [-0.15, -0.1) is 0 Å². The van der Waals surface area contributed by atoms with Crippen molar-refractivity contribution in [2.75, 3.05) is 17.2 Å². The third-order valence-corrected chi connectivity index (χ3v) is 3.05. The predicted octanol–water partition coefficient (Wildman–Crippen LogP) is 2.41. The molecule has 98 valence electrons. The molecule has 5 nitrogen and oxygen atoms in total. The Morgan fingerprint density at radius 2 is 2.22 bits per heavy atom. The summed E-state index contributed by atoms with van der Waals surface area (Å²) in [5.74, 6) is 1.91. The second kappa shape index (κ2) is 5.16. The van der Waals surface area contributed by atoms with Gasteiger partial charge in [-0.3, -0.25) is 0 Å². The van der Waals surface area contributed by atoms with Crippen LogP contribution in [0, 0.1) is 6.92 Å². The molecule has 2 N–H and O–H groups in total. The Bertz CT molecular complexity index is 501. The van der Waals surface area contributed by atoms with E-state index in [1.54, 1.807) is 6.26 Å². The number of nitrogens with zero attached hydrogens (tertiary/aromatic N) is 3. The van der Waals surface area contributed by atoms with Gasteiger partial charge in [0.25, 0.3) is 0 Å². The summed E-state index contributed by atoms with van der Waals surface area (Å²) in [5.41, 5.74) is 7.76. The molecular weight excluding hydrogens is 228 g/mol. The number of nitrogen functional groups attached to an aromatic ring is 1. The van der Waals surface area contributed by atoms with Crippen molar-refractivity contribution in [2.24, 2.45) is 0 Å². The first kappa shape index (κ1) is 12.5. The number of aryl methyl sites for hydroxylation is 2. The molecule has 2 aromatic heterocycles. The molecule has 0 saturated carbocycles. The average Bonchev–Trinajstić information content (AvgIpc) is 2.97. The van der Waals surface area contributed by atoms with Crippen molar-refractivity contribution < 1.29 is 4.42 Å². The molecule has 0 amide bonds. The van der Waals surface area contributed by atoms with E-state index in [0.717, 1.165) is 36.0 Å². The first-order valence-corrected chi connectivity index (χ1v) is 6.27. The van der Waals surface area contributed by atoms with Crippen LogP contribution in [0.3, 0.4) is 0 Å². The molecule has 0 radical (unpaired) electrons. The topological polar surface area (TPSA) is 60.2 Å². The monoisotopic (exact) mass is 248 g/mol. The van der Waals surface area contributed by atoms with Gasteiger partial charge in [0.1, 0.15) is 5.76 Å². The van der Waals surface area contributed by atoms with E-state index in [4.69, 9.17) is 10.2 Å². The van der Waals surface area contributed by atoms with E-state index >= 15 is 0 Å². The van der Waals surface area contributed by atoms with Crippen LogP contribution >= 0.6 is 0 Å². The summed E-state index contributed by atoms with van der Waals surface area (Å²) in [4.78, 5) is 2.18. The van der Waals surface area contributed by atoms with E-state index < -0.39 is 0 Å². The number of rotatable bonds is 5. The van der Waals surface area contributed by atoms with Gasteiger partial charge in [0, 0.05) is 13.1 Å². The number of hydrogen-bond acceptors (Lipinski definition) is 4. The molecule has 0 saturated heterocycles. The van der Waals surface area contributed by atoms with Crippen molar-refractivity contribution in [3.8, 4) is 0 Å². The summed E-state index contributed by atoms with van der Waals surface area (Å²) in [6, 6.07) is 3.87. The van der Waals surface area contributed by atoms with Gasteiger partial charge in [0.05, 0.1) is 24.2 Å². The molecule has 0 spiro atoms. The predicted molar refractivity (Wildman–Crippen MR) is 72.5 cm³/mol. The summed E-state index contributed by atoms with van der Waals surface area (Å²) in [7, 11) is 0. The summed E-state index contributed by atoms with van der Waals surface area (Å²) in [6.07, 6.45) is 1.69. The first-order chi connectivity index (χ1) is 8.67. The van der Waals surface area contributed by atoms with Crippen LogP contribution in [0.5, 0.6) is 0 Å². The Balaban J connectivity index is 2.32. The second-order valence-electron chi connectivity index (χ2n) is 4.23. The molecule has 2 rings (SSSR count). The Labute approximate surface area is 107 Å². The van der Waals surface area contributed by atoms with E-state index in [1.807, 2.05) is 23.7 Å². The Morgan fingerprint density at radius 1 is 1.44 bits per heavy atom. The lowest BCUT2D eigenvalue weighted by molar-refractivity contribution is 0.499. The number of anilines is 2. The largest absolute Gasteiger partial charge is 0.467 e. The lowest BCUT2D eigenvalue weighted by Gasteiger charge is -2.23. The van der Waals surface area contributed by atoms with Gasteiger partial charge in [-0.2, -0.15) is 5.10 Å². The highest BCUT2D eigenvalue weighted by molar-refractivity contribution is 5.66. The fourth-order valence-electron chi connectivity index (χ4n) is 2.06. The minimum absolute atomic E-state index is 0.707. The van der Waals surface area contributed by atoms with E-state index in [0.29, 0.717) is 6.54 Å².